The fourth-order valence-electron chi connectivity index (χ4n) is 2.64. The average Bonchev–Trinajstić information content (AvgIpc) is 2.64. The molecule has 1 aromatic rings. The van der Waals surface area contributed by atoms with Gasteiger partial charge in [-0.2, -0.15) is 5.10 Å². The van der Waals surface area contributed by atoms with Crippen molar-refractivity contribution in [3.8, 4) is 0 Å². The lowest BCUT2D eigenvalue weighted by molar-refractivity contribution is -0.123. The van der Waals surface area contributed by atoms with Gasteiger partial charge in [0.15, 0.2) is 0 Å². The van der Waals surface area contributed by atoms with Gasteiger partial charge in [-0.15, -0.1) is 0 Å². The number of Topliss-reactive ketones (excluding diaryl/α,β-unsaturated/α-hetero) is 1. The van der Waals surface area contributed by atoms with Crippen LogP contribution in [-0.2, 0) is 18.3 Å². The molecule has 1 aliphatic rings. The number of hydrogen-bond donors (Lipinski definition) is 0. The molecule has 0 bridgehead atoms. The van der Waals surface area contributed by atoms with E-state index in [0.29, 0.717) is 18.1 Å². The van der Waals surface area contributed by atoms with Crippen molar-refractivity contribution in [1.82, 2.24) is 9.78 Å². The van der Waals surface area contributed by atoms with Crippen LogP contribution in [-0.4, -0.2) is 15.6 Å². The molecular weight excluding hydrogens is 200 g/mol. The van der Waals surface area contributed by atoms with Gasteiger partial charge in [-0.3, -0.25) is 9.48 Å². The van der Waals surface area contributed by atoms with E-state index in [1.807, 2.05) is 13.2 Å². The van der Waals surface area contributed by atoms with Gasteiger partial charge in [-0.25, -0.2) is 0 Å². The van der Waals surface area contributed by atoms with E-state index >= 15 is 0 Å². The number of rotatable bonds is 3. The highest BCUT2D eigenvalue weighted by atomic mass is 16.1. The SMILES string of the molecule is CC1CCCC(C(=O)Cc2cnn(C)c2)C1. The van der Waals surface area contributed by atoms with E-state index in [4.69, 9.17) is 0 Å². The molecule has 3 heteroatoms. The van der Waals surface area contributed by atoms with E-state index in [0.717, 1.165) is 24.3 Å². The van der Waals surface area contributed by atoms with Crippen molar-refractivity contribution in [3.05, 3.63) is 18.0 Å². The van der Waals surface area contributed by atoms with Crippen LogP contribution in [0.5, 0.6) is 0 Å². The van der Waals surface area contributed by atoms with E-state index in [1.54, 1.807) is 10.9 Å². The fraction of sp³-hybridized carbons (Fsp3) is 0.692. The molecular formula is C13H20N2O. The first-order valence-corrected chi connectivity index (χ1v) is 6.15. The molecule has 88 valence electrons. The summed E-state index contributed by atoms with van der Waals surface area (Å²) in [6, 6.07) is 0. The number of aryl methyl sites for hydroxylation is 1. The molecule has 2 unspecified atom stereocenters. The number of hydrogen-bond acceptors (Lipinski definition) is 2. The summed E-state index contributed by atoms with van der Waals surface area (Å²) in [5, 5.41) is 4.09. The second kappa shape index (κ2) is 4.81. The molecule has 1 heterocycles. The lowest BCUT2D eigenvalue weighted by Crippen LogP contribution is -2.23. The fourth-order valence-corrected chi connectivity index (χ4v) is 2.64. The number of nitrogens with zero attached hydrogens (tertiary/aromatic N) is 2. The summed E-state index contributed by atoms with van der Waals surface area (Å²) in [6.07, 6.45) is 8.96. The molecule has 1 fully saturated rings. The Morgan fingerprint density at radius 3 is 3.00 bits per heavy atom. The van der Waals surface area contributed by atoms with Crippen LogP contribution in [0, 0.1) is 11.8 Å². The maximum atomic E-state index is 12.1. The molecule has 2 rings (SSSR count). The van der Waals surface area contributed by atoms with Gasteiger partial charge in [-0.05, 0) is 24.3 Å². The zero-order valence-electron chi connectivity index (χ0n) is 10.1. The standard InChI is InChI=1S/C13H20N2O/c1-10-4-3-5-12(6-10)13(16)7-11-8-14-15(2)9-11/h8-10,12H,3-7H2,1-2H3. The van der Waals surface area contributed by atoms with Crippen molar-refractivity contribution in [1.29, 1.82) is 0 Å². The molecule has 1 aromatic heterocycles. The molecule has 3 nitrogen and oxygen atoms in total. The van der Waals surface area contributed by atoms with Crippen molar-refractivity contribution < 1.29 is 4.79 Å². The zero-order valence-corrected chi connectivity index (χ0v) is 10.1. The predicted octanol–water partition coefficient (Wildman–Crippen LogP) is 2.36. The van der Waals surface area contributed by atoms with Crippen LogP contribution >= 0.6 is 0 Å². The summed E-state index contributed by atoms with van der Waals surface area (Å²) < 4.78 is 1.76. The lowest BCUT2D eigenvalue weighted by Gasteiger charge is -2.25. The highest BCUT2D eigenvalue weighted by Gasteiger charge is 2.24. The van der Waals surface area contributed by atoms with Crippen molar-refractivity contribution in [2.24, 2.45) is 18.9 Å². The average molecular weight is 220 g/mol. The lowest BCUT2D eigenvalue weighted by atomic mass is 9.79. The molecule has 2 atom stereocenters. The first-order chi connectivity index (χ1) is 7.65. The Balaban J connectivity index is 1.92. The van der Waals surface area contributed by atoms with E-state index in [1.165, 1.54) is 12.8 Å². The number of carbonyl (C=O) groups is 1. The van der Waals surface area contributed by atoms with Gasteiger partial charge in [0.1, 0.15) is 5.78 Å². The molecule has 0 N–H and O–H groups in total. The van der Waals surface area contributed by atoms with Crippen molar-refractivity contribution in [3.63, 3.8) is 0 Å². The second-order valence-corrected chi connectivity index (χ2v) is 5.13. The minimum absolute atomic E-state index is 0.295. The van der Waals surface area contributed by atoms with E-state index in [-0.39, 0.29) is 0 Å². The Labute approximate surface area is 96.8 Å². The van der Waals surface area contributed by atoms with Crippen LogP contribution in [0.25, 0.3) is 0 Å². The smallest absolute Gasteiger partial charge is 0.140 e. The number of ketones is 1. The van der Waals surface area contributed by atoms with Crippen LogP contribution in [0.3, 0.4) is 0 Å². The molecule has 0 amide bonds. The summed E-state index contributed by atoms with van der Waals surface area (Å²) in [7, 11) is 1.89. The van der Waals surface area contributed by atoms with Gasteiger partial charge in [0.2, 0.25) is 0 Å². The summed E-state index contributed by atoms with van der Waals surface area (Å²) in [5.74, 6) is 1.42. The Bertz CT molecular complexity index is 370. The first kappa shape index (κ1) is 11.4. The molecule has 0 aliphatic heterocycles. The van der Waals surface area contributed by atoms with Crippen molar-refractivity contribution in [2.75, 3.05) is 0 Å². The largest absolute Gasteiger partial charge is 0.299 e. The van der Waals surface area contributed by atoms with Gasteiger partial charge < -0.3 is 0 Å². The Morgan fingerprint density at radius 2 is 2.38 bits per heavy atom. The predicted molar refractivity (Wildman–Crippen MR) is 63.0 cm³/mol. The van der Waals surface area contributed by atoms with Gasteiger partial charge in [-0.1, -0.05) is 19.8 Å². The van der Waals surface area contributed by atoms with Gasteiger partial charge in [0, 0.05) is 25.6 Å². The monoisotopic (exact) mass is 220 g/mol. The van der Waals surface area contributed by atoms with Gasteiger partial charge in [0.25, 0.3) is 0 Å². The number of aromatic nitrogens is 2. The Kier molecular flexibility index (Phi) is 3.42. The minimum atomic E-state index is 0.295. The maximum absolute atomic E-state index is 12.1. The zero-order chi connectivity index (χ0) is 11.5. The van der Waals surface area contributed by atoms with E-state index in [2.05, 4.69) is 12.0 Å². The summed E-state index contributed by atoms with van der Waals surface area (Å²) >= 11 is 0. The van der Waals surface area contributed by atoms with E-state index < -0.39 is 0 Å². The normalized spacial score (nSPS) is 25.6. The number of carbonyl (C=O) groups excluding carboxylic acids is 1. The second-order valence-electron chi connectivity index (χ2n) is 5.13. The van der Waals surface area contributed by atoms with E-state index in [9.17, 15) is 4.79 Å². The van der Waals surface area contributed by atoms with Crippen molar-refractivity contribution >= 4 is 5.78 Å². The maximum Gasteiger partial charge on any atom is 0.140 e. The Morgan fingerprint density at radius 1 is 1.56 bits per heavy atom. The minimum Gasteiger partial charge on any atom is -0.299 e. The summed E-state index contributed by atoms with van der Waals surface area (Å²) in [5.41, 5.74) is 1.05. The Hall–Kier alpha value is -1.12. The molecule has 0 spiro atoms. The van der Waals surface area contributed by atoms with Crippen LogP contribution in [0.4, 0.5) is 0 Å². The molecule has 1 saturated carbocycles. The molecule has 0 saturated heterocycles. The van der Waals surface area contributed by atoms with Gasteiger partial charge >= 0.3 is 0 Å². The molecule has 0 aromatic carbocycles. The molecule has 1 aliphatic carbocycles. The van der Waals surface area contributed by atoms with Crippen molar-refractivity contribution in [2.45, 2.75) is 39.0 Å². The molecule has 0 radical (unpaired) electrons. The van der Waals surface area contributed by atoms with Crippen LogP contribution in [0.2, 0.25) is 0 Å². The highest BCUT2D eigenvalue weighted by molar-refractivity contribution is 5.83. The third-order valence-corrected chi connectivity index (χ3v) is 3.53. The topological polar surface area (TPSA) is 34.9 Å². The quantitative estimate of drug-likeness (QED) is 0.783. The summed E-state index contributed by atoms with van der Waals surface area (Å²) in [6.45, 7) is 2.25. The molecule has 16 heavy (non-hydrogen) atoms. The highest BCUT2D eigenvalue weighted by Crippen LogP contribution is 2.29. The van der Waals surface area contributed by atoms with Crippen LogP contribution in [0.15, 0.2) is 12.4 Å². The third kappa shape index (κ3) is 2.71. The van der Waals surface area contributed by atoms with Crippen LogP contribution < -0.4 is 0 Å². The van der Waals surface area contributed by atoms with Crippen LogP contribution in [0.1, 0.15) is 38.2 Å². The third-order valence-electron chi connectivity index (χ3n) is 3.53. The first-order valence-electron chi connectivity index (χ1n) is 6.15. The van der Waals surface area contributed by atoms with Gasteiger partial charge in [0.05, 0.1) is 6.20 Å². The summed E-state index contributed by atoms with van der Waals surface area (Å²) in [4.78, 5) is 12.1.